The third-order valence-corrected chi connectivity index (χ3v) is 7.94. The van der Waals surface area contributed by atoms with E-state index in [1.54, 1.807) is 48.5 Å². The number of carboxylic acids is 1. The van der Waals surface area contributed by atoms with Gasteiger partial charge < -0.3 is 21.0 Å². The quantitative estimate of drug-likeness (QED) is 0.0972. The summed E-state index contributed by atoms with van der Waals surface area (Å²) in [6, 6.07) is 23.0. The Kier molecular flexibility index (Phi) is 9.01. The van der Waals surface area contributed by atoms with E-state index in [0.29, 0.717) is 11.1 Å². The molecule has 14 heteroatoms. The van der Waals surface area contributed by atoms with E-state index in [9.17, 15) is 40.6 Å². The lowest BCUT2D eigenvalue weighted by atomic mass is 10.0. The first-order valence-corrected chi connectivity index (χ1v) is 15.3. The number of benzene rings is 4. The zero-order valence-corrected chi connectivity index (χ0v) is 24.1. The number of fused-ring (bicyclic) bond motifs is 1. The fourth-order valence-corrected chi connectivity index (χ4v) is 5.57. The number of carboxylic acid groups (broad SMARTS) is 1. The Labute approximate surface area is 251 Å². The van der Waals surface area contributed by atoms with E-state index >= 15 is 0 Å². The van der Waals surface area contributed by atoms with Crippen molar-refractivity contribution in [1.29, 1.82) is 0 Å². The molecule has 0 bridgehead atoms. The van der Waals surface area contributed by atoms with Crippen molar-refractivity contribution in [3.8, 4) is 11.3 Å². The fraction of sp³-hybridized carbons (Fsp3) is 0. The molecule has 0 aliphatic carbocycles. The highest BCUT2D eigenvalue weighted by Gasteiger charge is 2.21. The molecule has 44 heavy (non-hydrogen) atoms. The summed E-state index contributed by atoms with van der Waals surface area (Å²) in [6.07, 6.45) is 2.53. The maximum absolute atomic E-state index is 12.3. The van der Waals surface area contributed by atoms with Crippen molar-refractivity contribution in [2.45, 2.75) is 9.79 Å². The van der Waals surface area contributed by atoms with Crippen LogP contribution < -0.4 is 16.9 Å². The van der Waals surface area contributed by atoms with Crippen molar-refractivity contribution in [2.24, 2.45) is 0 Å². The van der Waals surface area contributed by atoms with Gasteiger partial charge >= 0.3 is 5.97 Å². The second kappa shape index (κ2) is 12.5. The van der Waals surface area contributed by atoms with Gasteiger partial charge in [-0.25, -0.2) is 4.79 Å². The minimum absolute atomic E-state index is 0.0850. The van der Waals surface area contributed by atoms with Crippen molar-refractivity contribution < 1.29 is 40.3 Å². The average molecular weight is 637 g/mol. The van der Waals surface area contributed by atoms with Crippen LogP contribution in [0.25, 0.3) is 34.4 Å². The predicted octanol–water partition coefficient (Wildman–Crippen LogP) is 4.67. The maximum Gasteiger partial charge on any atom is 0.343 e. The van der Waals surface area contributed by atoms with Gasteiger partial charge in [0.25, 0.3) is 20.2 Å². The molecule has 12 nitrogen and oxygen atoms in total. The van der Waals surface area contributed by atoms with Crippen molar-refractivity contribution >= 4 is 60.7 Å². The summed E-state index contributed by atoms with van der Waals surface area (Å²) in [4.78, 5) is 22.9. The Bertz CT molecular complexity index is 2110. The monoisotopic (exact) mass is 636 g/mol. The third-order valence-electron chi connectivity index (χ3n) is 6.12. The molecule has 0 amide bonds. The molecule has 0 unspecified atom stereocenters. The first-order valence-electron chi connectivity index (χ1n) is 12.4. The Hall–Kier alpha value is -5.28. The first kappa shape index (κ1) is 31.7. The summed E-state index contributed by atoms with van der Waals surface area (Å²) in [5.74, 6) is -1.20. The lowest BCUT2D eigenvalue weighted by molar-refractivity contribution is 0.0694. The van der Waals surface area contributed by atoms with Gasteiger partial charge in [0.15, 0.2) is 11.3 Å². The molecule has 0 aliphatic heterocycles. The molecule has 1 aromatic heterocycles. The molecule has 1 heterocycles. The molecule has 0 saturated carbocycles. The van der Waals surface area contributed by atoms with Gasteiger partial charge in [-0.1, -0.05) is 66.7 Å². The van der Waals surface area contributed by atoms with Crippen molar-refractivity contribution in [3.63, 3.8) is 0 Å². The number of nitrogens with two attached hydrogens (primary N) is 2. The molecule has 0 atom stereocenters. The molecular formula is C30H24N2O10S2. The summed E-state index contributed by atoms with van der Waals surface area (Å²) >= 11 is 0. The van der Waals surface area contributed by atoms with Gasteiger partial charge in [-0.15, -0.1) is 0 Å². The van der Waals surface area contributed by atoms with Crippen LogP contribution in [0, 0.1) is 0 Å². The highest BCUT2D eigenvalue weighted by molar-refractivity contribution is 7.86. The topological polar surface area (TPSA) is 228 Å². The molecule has 4 aromatic carbocycles. The Morgan fingerprint density at radius 2 is 1.18 bits per heavy atom. The molecule has 0 aliphatic rings. The summed E-state index contributed by atoms with van der Waals surface area (Å²) in [5, 5.41) is 9.58. The van der Waals surface area contributed by atoms with Gasteiger partial charge in [-0.3, -0.25) is 13.9 Å². The second-order valence-corrected chi connectivity index (χ2v) is 12.0. The Morgan fingerprint density at radius 1 is 0.705 bits per heavy atom. The number of rotatable bonds is 6. The third kappa shape index (κ3) is 7.19. The number of carbonyl (C=O) groups is 1. The minimum Gasteiger partial charge on any atom is -0.477 e. The zero-order valence-electron chi connectivity index (χ0n) is 22.5. The SMILES string of the molecule is Nc1ccc(C=Cc2ccc(N)cc2S(=O)(=O)O)c(S(=O)(=O)O)c1.O=C(O)c1c(-c2ccccc2)oc2ccccc2c1=O. The van der Waals surface area contributed by atoms with Crippen molar-refractivity contribution in [2.75, 3.05) is 11.5 Å². The molecular weight excluding hydrogens is 612 g/mol. The van der Waals surface area contributed by atoms with Crippen LogP contribution in [-0.4, -0.2) is 37.0 Å². The van der Waals surface area contributed by atoms with E-state index in [2.05, 4.69) is 0 Å². The number of aromatic carboxylic acids is 1. The van der Waals surface area contributed by atoms with Crippen LogP contribution in [0.15, 0.2) is 110 Å². The number of anilines is 2. The largest absolute Gasteiger partial charge is 0.477 e. The molecule has 0 fully saturated rings. The van der Waals surface area contributed by atoms with Gasteiger partial charge in [-0.2, -0.15) is 16.8 Å². The molecule has 226 valence electrons. The maximum atomic E-state index is 12.3. The summed E-state index contributed by atoms with van der Waals surface area (Å²) in [5.41, 5.74) is 11.5. The predicted molar refractivity (Wildman–Crippen MR) is 165 cm³/mol. The molecule has 5 aromatic rings. The summed E-state index contributed by atoms with van der Waals surface area (Å²) in [7, 11) is -9.05. The Balaban J connectivity index is 0.000000204. The van der Waals surface area contributed by atoms with Gasteiger partial charge in [-0.05, 0) is 47.5 Å². The van der Waals surface area contributed by atoms with E-state index in [0.717, 1.165) is 12.1 Å². The number of hydrogen-bond donors (Lipinski definition) is 5. The standard InChI is InChI=1S/C16H10O4.C14H14N2O6S2/c17-14-11-8-4-5-9-12(11)20-15(13(14)16(18)19)10-6-2-1-3-7-10;15-11-5-3-9(13(7-11)23(17,18)19)1-2-10-4-6-12(16)8-14(10)24(20,21)22/h1-9H,(H,18,19);1-8H,15-16H2,(H,17,18,19)(H,20,21,22). The fourth-order valence-electron chi connectivity index (χ4n) is 4.13. The van der Waals surface area contributed by atoms with Crippen LogP contribution in [0.2, 0.25) is 0 Å². The normalized spacial score (nSPS) is 11.7. The van der Waals surface area contributed by atoms with Gasteiger partial charge in [0.05, 0.1) is 5.39 Å². The molecule has 7 N–H and O–H groups in total. The van der Waals surface area contributed by atoms with E-state index < -0.39 is 41.4 Å². The highest BCUT2D eigenvalue weighted by atomic mass is 32.2. The van der Waals surface area contributed by atoms with E-state index in [-0.39, 0.29) is 39.2 Å². The van der Waals surface area contributed by atoms with Crippen LogP contribution in [0.5, 0.6) is 0 Å². The summed E-state index contributed by atoms with van der Waals surface area (Å²) in [6.45, 7) is 0. The Morgan fingerprint density at radius 3 is 1.66 bits per heavy atom. The number of para-hydroxylation sites is 1. The molecule has 0 spiro atoms. The smallest absolute Gasteiger partial charge is 0.343 e. The zero-order chi connectivity index (χ0) is 32.2. The first-order chi connectivity index (χ1) is 20.7. The lowest BCUT2D eigenvalue weighted by Crippen LogP contribution is -2.16. The molecule has 5 rings (SSSR count). The number of nitrogen functional groups attached to an aromatic ring is 2. The number of hydrogen-bond acceptors (Lipinski definition) is 9. The van der Waals surface area contributed by atoms with Gasteiger partial charge in [0, 0.05) is 16.9 Å². The van der Waals surface area contributed by atoms with Crippen LogP contribution in [0.4, 0.5) is 11.4 Å². The van der Waals surface area contributed by atoms with Gasteiger partial charge in [0.1, 0.15) is 15.4 Å². The second-order valence-electron chi connectivity index (χ2n) is 9.18. The average Bonchev–Trinajstić information content (AvgIpc) is 2.96. The van der Waals surface area contributed by atoms with E-state index in [4.69, 9.17) is 15.9 Å². The van der Waals surface area contributed by atoms with Crippen LogP contribution in [-0.2, 0) is 20.2 Å². The molecule has 0 radical (unpaired) electrons. The minimum atomic E-state index is -4.52. The van der Waals surface area contributed by atoms with Crippen LogP contribution in [0.1, 0.15) is 21.5 Å². The van der Waals surface area contributed by atoms with E-state index in [1.165, 1.54) is 36.4 Å². The lowest BCUT2D eigenvalue weighted by Gasteiger charge is -2.06. The summed E-state index contributed by atoms with van der Waals surface area (Å²) < 4.78 is 69.7. The van der Waals surface area contributed by atoms with E-state index in [1.807, 2.05) is 6.07 Å². The van der Waals surface area contributed by atoms with Crippen molar-refractivity contribution in [1.82, 2.24) is 0 Å². The molecule has 0 saturated heterocycles. The van der Waals surface area contributed by atoms with Crippen LogP contribution in [0.3, 0.4) is 0 Å². The van der Waals surface area contributed by atoms with Crippen molar-refractivity contribution in [3.05, 3.63) is 118 Å². The van der Waals surface area contributed by atoms with Gasteiger partial charge in [0.2, 0.25) is 5.43 Å². The van der Waals surface area contributed by atoms with Crippen LogP contribution >= 0.6 is 0 Å². The highest BCUT2D eigenvalue weighted by Crippen LogP contribution is 2.26.